The van der Waals surface area contributed by atoms with Gasteiger partial charge in [0.2, 0.25) is 5.91 Å². The highest BCUT2D eigenvalue weighted by atomic mass is 35.5. The molecule has 0 saturated heterocycles. The fraction of sp³-hybridized carbons (Fsp3) is 0.417. The van der Waals surface area contributed by atoms with E-state index in [0.717, 1.165) is 6.07 Å². The van der Waals surface area contributed by atoms with Crippen molar-refractivity contribution < 1.29 is 18.0 Å². The molecule has 0 aromatic heterocycles. The van der Waals surface area contributed by atoms with Gasteiger partial charge >= 0.3 is 6.18 Å². The van der Waals surface area contributed by atoms with Crippen molar-refractivity contribution in [2.45, 2.75) is 20.0 Å². The zero-order chi connectivity index (χ0) is 14.8. The molecule has 2 nitrogen and oxygen atoms in total. The molecule has 0 saturated carbocycles. The maximum absolute atomic E-state index is 12.8. The van der Waals surface area contributed by atoms with E-state index in [1.54, 1.807) is 0 Å². The molecule has 0 unspecified atom stereocenters. The number of benzene rings is 1. The van der Waals surface area contributed by atoms with Crippen molar-refractivity contribution in [1.82, 2.24) is 0 Å². The number of para-hydroxylation sites is 1. The van der Waals surface area contributed by atoms with Crippen molar-refractivity contribution in [3.8, 4) is 0 Å². The number of rotatable bonds is 3. The molecule has 0 aliphatic carbocycles. The molecule has 106 valence electrons. The minimum absolute atomic E-state index is 0.0232. The zero-order valence-corrected chi connectivity index (χ0v) is 11.7. The Kier molecular flexibility index (Phi) is 4.74. The molecular formula is C12H12Cl2F3NO. The molecule has 0 heterocycles. The van der Waals surface area contributed by atoms with Gasteiger partial charge in [0, 0.05) is 5.88 Å². The molecule has 0 radical (unpaired) electrons. The topological polar surface area (TPSA) is 29.1 Å². The molecule has 1 amide bonds. The summed E-state index contributed by atoms with van der Waals surface area (Å²) < 4.78 is 38.5. The number of halogens is 5. The Labute approximate surface area is 118 Å². The molecule has 0 aliphatic rings. The Morgan fingerprint density at radius 1 is 1.32 bits per heavy atom. The predicted octanol–water partition coefficient (Wildman–Crippen LogP) is 4.56. The second-order valence-electron chi connectivity index (χ2n) is 4.63. The Bertz CT molecular complexity index is 486. The molecule has 1 aromatic carbocycles. The Hall–Kier alpha value is -0.940. The molecule has 0 atom stereocenters. The van der Waals surface area contributed by atoms with Crippen LogP contribution in [0.4, 0.5) is 18.9 Å². The maximum atomic E-state index is 12.8. The molecule has 0 aliphatic heterocycles. The van der Waals surface area contributed by atoms with E-state index in [4.69, 9.17) is 23.2 Å². The maximum Gasteiger partial charge on any atom is 0.418 e. The zero-order valence-electron chi connectivity index (χ0n) is 10.2. The van der Waals surface area contributed by atoms with E-state index >= 15 is 0 Å². The van der Waals surface area contributed by atoms with Gasteiger partial charge in [-0.25, -0.2) is 0 Å². The van der Waals surface area contributed by atoms with Gasteiger partial charge in [-0.3, -0.25) is 4.79 Å². The summed E-state index contributed by atoms with van der Waals surface area (Å²) in [6, 6.07) is 3.31. The monoisotopic (exact) mass is 313 g/mol. The first kappa shape index (κ1) is 16.1. The molecule has 1 N–H and O–H groups in total. The van der Waals surface area contributed by atoms with Crippen LogP contribution in [-0.4, -0.2) is 11.8 Å². The number of amides is 1. The van der Waals surface area contributed by atoms with Gasteiger partial charge in [-0.1, -0.05) is 17.7 Å². The SMILES string of the molecule is CC(C)(CCl)C(=O)Nc1c(Cl)cccc1C(F)(F)F. The van der Waals surface area contributed by atoms with Crippen LogP contribution in [0.5, 0.6) is 0 Å². The van der Waals surface area contributed by atoms with Crippen LogP contribution in [0, 0.1) is 5.41 Å². The molecule has 19 heavy (non-hydrogen) atoms. The van der Waals surface area contributed by atoms with Crippen molar-refractivity contribution in [3.05, 3.63) is 28.8 Å². The summed E-state index contributed by atoms with van der Waals surface area (Å²) in [7, 11) is 0. The first-order chi connectivity index (χ1) is 8.59. The van der Waals surface area contributed by atoms with Crippen molar-refractivity contribution in [3.63, 3.8) is 0 Å². The summed E-state index contributed by atoms with van der Waals surface area (Å²) in [6.07, 6.45) is -4.60. The van der Waals surface area contributed by atoms with Crippen molar-refractivity contribution in [1.29, 1.82) is 0 Å². The Morgan fingerprint density at radius 3 is 2.37 bits per heavy atom. The van der Waals surface area contributed by atoms with E-state index < -0.39 is 28.7 Å². The third kappa shape index (κ3) is 3.76. The minimum Gasteiger partial charge on any atom is -0.324 e. The van der Waals surface area contributed by atoms with Gasteiger partial charge in [0.1, 0.15) is 0 Å². The quantitative estimate of drug-likeness (QED) is 0.814. The summed E-state index contributed by atoms with van der Waals surface area (Å²) in [5.74, 6) is -0.647. The van der Waals surface area contributed by atoms with E-state index in [1.165, 1.54) is 26.0 Å². The molecule has 7 heteroatoms. The van der Waals surface area contributed by atoms with Crippen LogP contribution < -0.4 is 5.32 Å². The van der Waals surface area contributed by atoms with Crippen LogP contribution in [0.3, 0.4) is 0 Å². The summed E-state index contributed by atoms with van der Waals surface area (Å²) in [4.78, 5) is 11.9. The van der Waals surface area contributed by atoms with Gasteiger partial charge in [0.05, 0.1) is 21.7 Å². The highest BCUT2D eigenvalue weighted by molar-refractivity contribution is 6.34. The fourth-order valence-corrected chi connectivity index (χ4v) is 1.57. The number of hydrogen-bond acceptors (Lipinski definition) is 1. The van der Waals surface area contributed by atoms with Crippen LogP contribution in [-0.2, 0) is 11.0 Å². The summed E-state index contributed by atoms with van der Waals surface area (Å²) in [5.41, 5.74) is -2.43. The lowest BCUT2D eigenvalue weighted by Crippen LogP contribution is -2.33. The van der Waals surface area contributed by atoms with Crippen molar-refractivity contribution in [2.75, 3.05) is 11.2 Å². The Morgan fingerprint density at radius 2 is 1.89 bits per heavy atom. The first-order valence-corrected chi connectivity index (χ1v) is 6.24. The van der Waals surface area contributed by atoms with E-state index in [2.05, 4.69) is 5.32 Å². The highest BCUT2D eigenvalue weighted by Crippen LogP contribution is 2.39. The van der Waals surface area contributed by atoms with Crippen LogP contribution in [0.25, 0.3) is 0 Å². The van der Waals surface area contributed by atoms with Crippen LogP contribution in [0.2, 0.25) is 5.02 Å². The van der Waals surface area contributed by atoms with E-state index in [1.807, 2.05) is 0 Å². The Balaban J connectivity index is 3.18. The molecule has 0 fully saturated rings. The van der Waals surface area contributed by atoms with Gasteiger partial charge in [-0.15, -0.1) is 11.6 Å². The van der Waals surface area contributed by atoms with Gasteiger partial charge in [-0.2, -0.15) is 13.2 Å². The molecule has 0 spiro atoms. The van der Waals surface area contributed by atoms with Crippen molar-refractivity contribution in [2.24, 2.45) is 5.41 Å². The third-order valence-electron chi connectivity index (χ3n) is 2.51. The lowest BCUT2D eigenvalue weighted by atomic mass is 9.95. The smallest absolute Gasteiger partial charge is 0.324 e. The first-order valence-electron chi connectivity index (χ1n) is 5.32. The number of carbonyl (C=O) groups excluding carboxylic acids is 1. The number of hydrogen-bond donors (Lipinski definition) is 1. The van der Waals surface area contributed by atoms with Gasteiger partial charge in [0.15, 0.2) is 0 Å². The molecule has 0 bridgehead atoms. The number of anilines is 1. The number of nitrogens with one attached hydrogen (secondary N) is 1. The van der Waals surface area contributed by atoms with E-state index in [-0.39, 0.29) is 10.9 Å². The standard InChI is InChI=1S/C12H12Cl2F3NO/c1-11(2,6-13)10(19)18-9-7(12(15,16)17)4-3-5-8(9)14/h3-5H,6H2,1-2H3,(H,18,19). The largest absolute Gasteiger partial charge is 0.418 e. The predicted molar refractivity (Wildman–Crippen MR) is 69.6 cm³/mol. The van der Waals surface area contributed by atoms with Crippen LogP contribution in [0.1, 0.15) is 19.4 Å². The van der Waals surface area contributed by atoms with Gasteiger partial charge in [-0.05, 0) is 26.0 Å². The third-order valence-corrected chi connectivity index (χ3v) is 3.49. The molecular weight excluding hydrogens is 302 g/mol. The summed E-state index contributed by atoms with van der Waals surface area (Å²) >= 11 is 11.3. The lowest BCUT2D eigenvalue weighted by Gasteiger charge is -2.22. The number of alkyl halides is 4. The summed E-state index contributed by atoms with van der Waals surface area (Å²) in [5, 5.41) is 2.03. The summed E-state index contributed by atoms with van der Waals surface area (Å²) in [6.45, 7) is 3.05. The number of carbonyl (C=O) groups is 1. The molecule has 1 rings (SSSR count). The van der Waals surface area contributed by atoms with E-state index in [0.29, 0.717) is 0 Å². The van der Waals surface area contributed by atoms with Gasteiger partial charge in [0.25, 0.3) is 0 Å². The van der Waals surface area contributed by atoms with E-state index in [9.17, 15) is 18.0 Å². The second kappa shape index (κ2) is 5.59. The lowest BCUT2D eigenvalue weighted by molar-refractivity contribution is -0.137. The van der Waals surface area contributed by atoms with Gasteiger partial charge < -0.3 is 5.32 Å². The van der Waals surface area contributed by atoms with Crippen LogP contribution >= 0.6 is 23.2 Å². The normalized spacial score (nSPS) is 12.4. The highest BCUT2D eigenvalue weighted by Gasteiger charge is 2.36. The average molecular weight is 314 g/mol. The van der Waals surface area contributed by atoms with Crippen molar-refractivity contribution >= 4 is 34.8 Å². The molecule has 1 aromatic rings. The average Bonchev–Trinajstić information content (AvgIpc) is 2.30. The second-order valence-corrected chi connectivity index (χ2v) is 5.31. The fourth-order valence-electron chi connectivity index (χ4n) is 1.23. The minimum atomic E-state index is -4.60. The van der Waals surface area contributed by atoms with Crippen LogP contribution in [0.15, 0.2) is 18.2 Å².